The molecule has 66 heavy (non-hydrogen) atoms. The van der Waals surface area contributed by atoms with Gasteiger partial charge in [0.2, 0.25) is 23.6 Å². The van der Waals surface area contributed by atoms with Gasteiger partial charge in [-0.2, -0.15) is 0 Å². The number of carbonyl (C=O) groups excluding carboxylic acids is 8. The molecule has 0 unspecified atom stereocenters. The Hall–Kier alpha value is -5.00. The average Bonchev–Trinajstić information content (AvgIpc) is 3.63. The Balaban J connectivity index is 1.30. The van der Waals surface area contributed by atoms with Crippen molar-refractivity contribution in [1.82, 2.24) is 26.2 Å². The summed E-state index contributed by atoms with van der Waals surface area (Å²) in [6, 6.07) is 8.14. The standard InChI is InChI=1S/C45H69N5O16/c1-35(2)39(52)33-48-45(58)38(32-36-6-4-3-5-7-36)49-42(55)34-47-40(53)9-8-37(51)13-16-59-18-20-61-22-24-63-26-28-65-30-31-66-29-27-64-25-23-62-21-19-60-17-14-46-41(54)12-15-50-43(56)10-11-44(50)57/h3-7,10-11,35,38H,8-9,12-34H2,1-2H3,(H,46,54)(H,47,53)(H,48,58)(H,49,55)/t38-/m0/s1. The van der Waals surface area contributed by atoms with E-state index in [1.54, 1.807) is 13.8 Å². The number of hydrogen-bond acceptors (Lipinski definition) is 16. The summed E-state index contributed by atoms with van der Waals surface area (Å²) in [6.45, 7) is 9.20. The molecule has 21 heteroatoms. The minimum atomic E-state index is -0.953. The second kappa shape index (κ2) is 37.1. The maximum absolute atomic E-state index is 12.8. The van der Waals surface area contributed by atoms with E-state index < -0.39 is 35.6 Å². The molecule has 370 valence electrons. The van der Waals surface area contributed by atoms with Crippen molar-refractivity contribution >= 4 is 47.0 Å². The van der Waals surface area contributed by atoms with Crippen molar-refractivity contribution in [3.8, 4) is 0 Å². The summed E-state index contributed by atoms with van der Waals surface area (Å²) in [5, 5.41) is 10.3. The largest absolute Gasteiger partial charge is 0.379 e. The van der Waals surface area contributed by atoms with Gasteiger partial charge in [0.05, 0.1) is 119 Å². The number of hydrogen-bond donors (Lipinski definition) is 4. The van der Waals surface area contributed by atoms with Gasteiger partial charge in [-0.3, -0.25) is 43.3 Å². The van der Waals surface area contributed by atoms with Crippen molar-refractivity contribution < 1.29 is 76.3 Å². The fourth-order valence-corrected chi connectivity index (χ4v) is 5.49. The molecule has 1 atom stereocenters. The lowest BCUT2D eigenvalue weighted by atomic mass is 10.0. The van der Waals surface area contributed by atoms with Crippen molar-refractivity contribution in [2.24, 2.45) is 5.92 Å². The molecule has 1 aromatic carbocycles. The lowest BCUT2D eigenvalue weighted by molar-refractivity contribution is -0.137. The summed E-state index contributed by atoms with van der Waals surface area (Å²) >= 11 is 0. The van der Waals surface area contributed by atoms with Crippen LogP contribution in [-0.2, 0) is 82.7 Å². The van der Waals surface area contributed by atoms with Gasteiger partial charge >= 0.3 is 0 Å². The van der Waals surface area contributed by atoms with Crippen LogP contribution in [0.5, 0.6) is 0 Å². The highest BCUT2D eigenvalue weighted by atomic mass is 16.6. The van der Waals surface area contributed by atoms with Gasteiger partial charge in [0.1, 0.15) is 11.8 Å². The summed E-state index contributed by atoms with van der Waals surface area (Å²) in [5.41, 5.74) is 0.809. The molecule has 6 amide bonds. The number of nitrogens with one attached hydrogen (secondary N) is 4. The summed E-state index contributed by atoms with van der Waals surface area (Å²) < 4.78 is 43.6. The van der Waals surface area contributed by atoms with Gasteiger partial charge < -0.3 is 59.2 Å². The molecule has 0 fully saturated rings. The van der Waals surface area contributed by atoms with E-state index in [9.17, 15) is 38.4 Å². The summed E-state index contributed by atoms with van der Waals surface area (Å²) in [5.74, 6) is -3.21. The normalized spacial score (nSPS) is 12.7. The van der Waals surface area contributed by atoms with E-state index >= 15 is 0 Å². The minimum absolute atomic E-state index is 0.0112. The van der Waals surface area contributed by atoms with Gasteiger partial charge in [-0.1, -0.05) is 44.2 Å². The number of ketones is 2. The van der Waals surface area contributed by atoms with E-state index in [2.05, 4.69) is 21.3 Å². The van der Waals surface area contributed by atoms with E-state index in [-0.39, 0.29) is 81.7 Å². The van der Waals surface area contributed by atoms with Crippen molar-refractivity contribution in [2.75, 3.05) is 132 Å². The Bertz CT molecular complexity index is 1610. The number of carbonyl (C=O) groups is 8. The van der Waals surface area contributed by atoms with Crippen LogP contribution in [0, 0.1) is 5.92 Å². The number of nitrogens with zero attached hydrogens (tertiary/aromatic N) is 1. The maximum atomic E-state index is 12.8. The molecule has 0 spiro atoms. The molecule has 1 aliphatic heterocycles. The third-order valence-corrected chi connectivity index (χ3v) is 9.25. The second-order valence-electron chi connectivity index (χ2n) is 14.9. The van der Waals surface area contributed by atoms with E-state index in [4.69, 9.17) is 37.9 Å². The summed E-state index contributed by atoms with van der Waals surface area (Å²) in [4.78, 5) is 97.7. The molecule has 0 bridgehead atoms. The predicted molar refractivity (Wildman–Crippen MR) is 237 cm³/mol. The van der Waals surface area contributed by atoms with Crippen LogP contribution >= 0.6 is 0 Å². The summed E-state index contributed by atoms with van der Waals surface area (Å²) in [6.07, 6.45) is 2.62. The first-order chi connectivity index (χ1) is 32.0. The quantitative estimate of drug-likeness (QED) is 0.0475. The Labute approximate surface area is 386 Å². The minimum Gasteiger partial charge on any atom is -0.379 e. The highest BCUT2D eigenvalue weighted by Crippen LogP contribution is 2.06. The van der Waals surface area contributed by atoms with Crippen LogP contribution < -0.4 is 21.3 Å². The number of ether oxygens (including phenoxy) is 8. The number of amides is 6. The fraction of sp³-hybridized carbons (Fsp3) is 0.644. The van der Waals surface area contributed by atoms with E-state index in [0.717, 1.165) is 10.5 Å². The van der Waals surface area contributed by atoms with Crippen LogP contribution in [0.3, 0.4) is 0 Å². The van der Waals surface area contributed by atoms with Crippen LogP contribution in [0.25, 0.3) is 0 Å². The number of rotatable bonds is 42. The van der Waals surface area contributed by atoms with Crippen LogP contribution in [-0.4, -0.2) is 190 Å². The monoisotopic (exact) mass is 935 g/mol. The molecular formula is C45H69N5O16. The summed E-state index contributed by atoms with van der Waals surface area (Å²) in [7, 11) is 0. The van der Waals surface area contributed by atoms with Crippen LogP contribution in [0.1, 0.15) is 45.1 Å². The van der Waals surface area contributed by atoms with Gasteiger partial charge in [-0.05, 0) is 5.56 Å². The maximum Gasteiger partial charge on any atom is 0.253 e. The molecule has 2 rings (SSSR count). The van der Waals surface area contributed by atoms with Gasteiger partial charge in [0, 0.05) is 63.3 Å². The lowest BCUT2D eigenvalue weighted by Crippen LogP contribution is -2.51. The zero-order chi connectivity index (χ0) is 48.0. The third-order valence-electron chi connectivity index (χ3n) is 9.25. The fourth-order valence-electron chi connectivity index (χ4n) is 5.49. The Kier molecular flexibility index (Phi) is 32.1. The predicted octanol–water partition coefficient (Wildman–Crippen LogP) is -0.525. The molecule has 1 aliphatic rings. The molecule has 21 nitrogen and oxygen atoms in total. The van der Waals surface area contributed by atoms with Crippen LogP contribution in [0.15, 0.2) is 42.5 Å². The van der Waals surface area contributed by atoms with Gasteiger partial charge in [-0.25, -0.2) is 0 Å². The van der Waals surface area contributed by atoms with E-state index in [0.29, 0.717) is 106 Å². The second-order valence-corrected chi connectivity index (χ2v) is 14.9. The molecule has 0 saturated carbocycles. The molecule has 1 aromatic rings. The molecular weight excluding hydrogens is 867 g/mol. The highest BCUT2D eigenvalue weighted by Gasteiger charge is 2.24. The number of benzene rings is 1. The molecule has 0 saturated heterocycles. The Morgan fingerprint density at radius 3 is 1.48 bits per heavy atom. The highest BCUT2D eigenvalue weighted by molar-refractivity contribution is 6.13. The van der Waals surface area contributed by atoms with Crippen LogP contribution in [0.2, 0.25) is 0 Å². The third kappa shape index (κ3) is 29.5. The van der Waals surface area contributed by atoms with Gasteiger partial charge in [0.15, 0.2) is 5.78 Å². The first-order valence-corrected chi connectivity index (χ1v) is 22.3. The molecule has 0 aliphatic carbocycles. The van der Waals surface area contributed by atoms with E-state index in [1.165, 1.54) is 12.2 Å². The van der Waals surface area contributed by atoms with Crippen LogP contribution in [0.4, 0.5) is 0 Å². The molecule has 0 radical (unpaired) electrons. The average molecular weight is 936 g/mol. The molecule has 0 aromatic heterocycles. The zero-order valence-electron chi connectivity index (χ0n) is 38.4. The SMILES string of the molecule is CC(C)C(=O)CNC(=O)[C@H](Cc1ccccc1)NC(=O)CNC(=O)CCC(=O)CCOCCOCCOCCOCCOCCOCCOCCOCCNC(=O)CCN1C(=O)C=CC1=O. The molecule has 4 N–H and O–H groups in total. The van der Waals surface area contributed by atoms with Crippen molar-refractivity contribution in [3.63, 3.8) is 0 Å². The van der Waals surface area contributed by atoms with Gasteiger partial charge in [-0.15, -0.1) is 0 Å². The number of Topliss-reactive ketones (excluding diaryl/α,β-unsaturated/α-hetero) is 2. The first-order valence-electron chi connectivity index (χ1n) is 22.3. The zero-order valence-corrected chi connectivity index (χ0v) is 38.4. The van der Waals surface area contributed by atoms with Crippen molar-refractivity contribution in [2.45, 2.75) is 52.0 Å². The first kappa shape index (κ1) is 57.1. The Morgan fingerprint density at radius 1 is 0.515 bits per heavy atom. The topological polar surface area (TPSA) is 262 Å². The van der Waals surface area contributed by atoms with Crippen molar-refractivity contribution in [1.29, 1.82) is 0 Å². The number of imide groups is 1. The lowest BCUT2D eigenvalue weighted by Gasteiger charge is -2.19. The Morgan fingerprint density at radius 2 is 0.985 bits per heavy atom. The van der Waals surface area contributed by atoms with Gasteiger partial charge in [0.25, 0.3) is 11.8 Å². The molecule has 1 heterocycles. The van der Waals surface area contributed by atoms with Crippen molar-refractivity contribution in [3.05, 3.63) is 48.0 Å². The van der Waals surface area contributed by atoms with E-state index in [1.807, 2.05) is 30.3 Å². The smallest absolute Gasteiger partial charge is 0.253 e.